The fraction of sp³-hybridized carbons (Fsp3) is 0.417. The van der Waals surface area contributed by atoms with Gasteiger partial charge in [-0.05, 0) is 26.0 Å². The van der Waals surface area contributed by atoms with Gasteiger partial charge in [-0.15, -0.1) is 10.2 Å². The third-order valence-electron chi connectivity index (χ3n) is 2.59. The van der Waals surface area contributed by atoms with Crippen LogP contribution < -0.4 is 5.32 Å². The van der Waals surface area contributed by atoms with Crippen molar-refractivity contribution in [1.29, 1.82) is 0 Å². The molecule has 0 saturated heterocycles. The first-order valence-electron chi connectivity index (χ1n) is 6.02. The van der Waals surface area contributed by atoms with Gasteiger partial charge in [-0.25, -0.2) is 0 Å². The summed E-state index contributed by atoms with van der Waals surface area (Å²) in [6, 6.07) is 3.62. The number of aryl methyl sites for hydroxylation is 1. The summed E-state index contributed by atoms with van der Waals surface area (Å²) >= 11 is 1.38. The Hall–Kier alpha value is -1.76. The first-order valence-corrected chi connectivity index (χ1v) is 7.01. The summed E-state index contributed by atoms with van der Waals surface area (Å²) in [5, 5.41) is 11.6. The molecule has 0 atom stereocenters. The van der Waals surface area contributed by atoms with Crippen molar-refractivity contribution in [3.8, 4) is 0 Å². The Kier molecular flexibility index (Phi) is 4.62. The van der Waals surface area contributed by atoms with Crippen molar-refractivity contribution < 1.29 is 9.21 Å². The van der Waals surface area contributed by atoms with Crippen LogP contribution in [0.2, 0.25) is 0 Å². The van der Waals surface area contributed by atoms with Gasteiger partial charge in [-0.2, -0.15) is 0 Å². The third kappa shape index (κ3) is 3.60. The predicted octanol–water partition coefficient (Wildman–Crippen LogP) is 1.61. The molecular formula is C12H16N4O2S. The number of nitrogens with one attached hydrogen (secondary N) is 1. The van der Waals surface area contributed by atoms with E-state index in [1.165, 1.54) is 11.8 Å². The molecule has 0 fully saturated rings. The molecule has 19 heavy (non-hydrogen) atoms. The zero-order chi connectivity index (χ0) is 13.7. The highest BCUT2D eigenvalue weighted by molar-refractivity contribution is 7.99. The van der Waals surface area contributed by atoms with Gasteiger partial charge in [-0.1, -0.05) is 11.8 Å². The molecule has 2 aromatic rings. The monoisotopic (exact) mass is 280 g/mol. The van der Waals surface area contributed by atoms with Gasteiger partial charge in [0.05, 0.1) is 18.6 Å². The first kappa shape index (κ1) is 13.7. The summed E-state index contributed by atoms with van der Waals surface area (Å²) < 4.78 is 7.12. The van der Waals surface area contributed by atoms with Crippen LogP contribution in [0.25, 0.3) is 0 Å². The van der Waals surface area contributed by atoms with Gasteiger partial charge in [0, 0.05) is 6.54 Å². The number of carbonyl (C=O) groups excluding carboxylic acids is 1. The molecule has 7 heteroatoms. The highest BCUT2D eigenvalue weighted by atomic mass is 32.2. The van der Waals surface area contributed by atoms with Crippen LogP contribution in [0, 0.1) is 6.92 Å². The molecule has 1 amide bonds. The highest BCUT2D eigenvalue weighted by Crippen LogP contribution is 2.16. The van der Waals surface area contributed by atoms with Crippen molar-refractivity contribution in [1.82, 2.24) is 20.1 Å². The van der Waals surface area contributed by atoms with E-state index in [-0.39, 0.29) is 5.91 Å². The summed E-state index contributed by atoms with van der Waals surface area (Å²) in [6.07, 6.45) is 1.59. The average molecular weight is 280 g/mol. The Morgan fingerprint density at radius 1 is 1.53 bits per heavy atom. The van der Waals surface area contributed by atoms with E-state index < -0.39 is 0 Å². The summed E-state index contributed by atoms with van der Waals surface area (Å²) in [4.78, 5) is 11.7. The van der Waals surface area contributed by atoms with Crippen LogP contribution in [-0.4, -0.2) is 26.4 Å². The largest absolute Gasteiger partial charge is 0.467 e. The van der Waals surface area contributed by atoms with Crippen molar-refractivity contribution in [3.05, 3.63) is 30.0 Å². The van der Waals surface area contributed by atoms with Crippen LogP contribution in [0.4, 0.5) is 0 Å². The number of aromatic nitrogens is 3. The second kappa shape index (κ2) is 6.42. The van der Waals surface area contributed by atoms with E-state index in [0.29, 0.717) is 12.3 Å². The third-order valence-corrected chi connectivity index (χ3v) is 3.56. The van der Waals surface area contributed by atoms with Gasteiger partial charge in [0.15, 0.2) is 5.16 Å². The number of furan rings is 1. The quantitative estimate of drug-likeness (QED) is 0.814. The van der Waals surface area contributed by atoms with Gasteiger partial charge < -0.3 is 14.3 Å². The first-order chi connectivity index (χ1) is 9.20. The molecule has 0 saturated carbocycles. The molecule has 0 radical (unpaired) electrons. The van der Waals surface area contributed by atoms with Crippen LogP contribution in [0.15, 0.2) is 28.0 Å². The lowest BCUT2D eigenvalue weighted by atomic mass is 10.4. The maximum atomic E-state index is 11.7. The Morgan fingerprint density at radius 3 is 3.05 bits per heavy atom. The molecule has 2 rings (SSSR count). The molecule has 0 aliphatic rings. The molecule has 102 valence electrons. The lowest BCUT2D eigenvalue weighted by Crippen LogP contribution is -2.24. The molecule has 0 aliphatic heterocycles. The van der Waals surface area contributed by atoms with Crippen molar-refractivity contribution in [2.75, 3.05) is 5.75 Å². The molecule has 0 spiro atoms. The van der Waals surface area contributed by atoms with Crippen molar-refractivity contribution >= 4 is 17.7 Å². The molecule has 2 heterocycles. The number of hydrogen-bond acceptors (Lipinski definition) is 5. The van der Waals surface area contributed by atoms with Crippen LogP contribution in [0.1, 0.15) is 18.5 Å². The number of hydrogen-bond donors (Lipinski definition) is 1. The molecule has 0 bridgehead atoms. The minimum absolute atomic E-state index is 0.0512. The fourth-order valence-electron chi connectivity index (χ4n) is 1.61. The molecular weight excluding hydrogens is 264 g/mol. The van der Waals surface area contributed by atoms with E-state index in [1.807, 2.05) is 24.5 Å². The van der Waals surface area contributed by atoms with E-state index in [9.17, 15) is 4.79 Å². The smallest absolute Gasteiger partial charge is 0.230 e. The van der Waals surface area contributed by atoms with Crippen LogP contribution >= 0.6 is 11.8 Å². The van der Waals surface area contributed by atoms with E-state index in [1.54, 1.807) is 12.3 Å². The van der Waals surface area contributed by atoms with Gasteiger partial charge in [0.1, 0.15) is 11.6 Å². The second-order valence-corrected chi connectivity index (χ2v) is 4.86. The van der Waals surface area contributed by atoms with Crippen LogP contribution in [0.5, 0.6) is 0 Å². The predicted molar refractivity (Wildman–Crippen MR) is 71.7 cm³/mol. The maximum Gasteiger partial charge on any atom is 0.230 e. The average Bonchev–Trinajstić information content (AvgIpc) is 3.03. The van der Waals surface area contributed by atoms with Crippen LogP contribution in [-0.2, 0) is 17.9 Å². The Labute approximate surface area is 115 Å². The van der Waals surface area contributed by atoms with Crippen molar-refractivity contribution in [2.24, 2.45) is 0 Å². The van der Waals surface area contributed by atoms with E-state index in [0.717, 1.165) is 23.3 Å². The summed E-state index contributed by atoms with van der Waals surface area (Å²) in [6.45, 7) is 5.13. The standard InChI is InChI=1S/C12H16N4O2S/c1-3-16-9(2)14-15-12(16)19-8-11(17)13-7-10-5-4-6-18-10/h4-6H,3,7-8H2,1-2H3,(H,13,17). The number of thioether (sulfide) groups is 1. The van der Waals surface area contributed by atoms with E-state index in [4.69, 9.17) is 4.42 Å². The number of amides is 1. The zero-order valence-corrected chi connectivity index (χ0v) is 11.7. The molecule has 0 aromatic carbocycles. The van der Waals surface area contributed by atoms with Crippen LogP contribution in [0.3, 0.4) is 0 Å². The topological polar surface area (TPSA) is 73.0 Å². The number of carbonyl (C=O) groups is 1. The second-order valence-electron chi connectivity index (χ2n) is 3.92. The van der Waals surface area contributed by atoms with Crippen molar-refractivity contribution in [2.45, 2.75) is 32.1 Å². The molecule has 1 N–H and O–H groups in total. The fourth-order valence-corrected chi connectivity index (χ4v) is 2.49. The van der Waals surface area contributed by atoms with Gasteiger partial charge in [0.2, 0.25) is 5.91 Å². The lowest BCUT2D eigenvalue weighted by molar-refractivity contribution is -0.118. The molecule has 0 unspecified atom stereocenters. The Balaban J connectivity index is 1.80. The minimum atomic E-state index is -0.0512. The van der Waals surface area contributed by atoms with E-state index in [2.05, 4.69) is 15.5 Å². The van der Waals surface area contributed by atoms with Crippen molar-refractivity contribution in [3.63, 3.8) is 0 Å². The summed E-state index contributed by atoms with van der Waals surface area (Å²) in [5.41, 5.74) is 0. The Bertz CT molecular complexity index is 536. The molecule has 0 aliphatic carbocycles. The van der Waals surface area contributed by atoms with E-state index >= 15 is 0 Å². The van der Waals surface area contributed by atoms with Gasteiger partial charge in [-0.3, -0.25) is 4.79 Å². The number of rotatable bonds is 6. The minimum Gasteiger partial charge on any atom is -0.467 e. The molecule has 6 nitrogen and oxygen atoms in total. The summed E-state index contributed by atoms with van der Waals surface area (Å²) in [5.74, 6) is 1.87. The lowest BCUT2D eigenvalue weighted by Gasteiger charge is -2.05. The SMILES string of the molecule is CCn1c(C)nnc1SCC(=O)NCc1ccco1. The maximum absolute atomic E-state index is 11.7. The number of nitrogens with zero attached hydrogens (tertiary/aromatic N) is 3. The van der Waals surface area contributed by atoms with Gasteiger partial charge in [0.25, 0.3) is 0 Å². The highest BCUT2D eigenvalue weighted by Gasteiger charge is 2.10. The molecule has 2 aromatic heterocycles. The van der Waals surface area contributed by atoms with Gasteiger partial charge >= 0.3 is 0 Å². The Morgan fingerprint density at radius 2 is 2.37 bits per heavy atom. The normalized spacial score (nSPS) is 10.6. The summed E-state index contributed by atoms with van der Waals surface area (Å²) in [7, 11) is 0. The zero-order valence-electron chi connectivity index (χ0n) is 10.9.